The second-order valence-electron chi connectivity index (χ2n) is 8.77. The molecular formula is C23H23F3N6O2. The molecular weight excluding hydrogens is 449 g/mol. The quantitative estimate of drug-likeness (QED) is 0.574. The average Bonchev–Trinajstić information content (AvgIpc) is 3.34. The highest BCUT2D eigenvalue weighted by atomic mass is 19.4. The van der Waals surface area contributed by atoms with Crippen LogP contribution < -0.4 is 4.74 Å². The molecule has 3 aliphatic rings. The predicted molar refractivity (Wildman–Crippen MR) is 114 cm³/mol. The molecule has 0 N–H and O–H groups in total. The SMILES string of the molecule is Cc1ccc(-n2nccn2)c(C(=O)N2[C@H](C)[C@@H]3CC[C@H]2[C@H](Oc2ccc(C(F)(F)F)cn2)C3)n1. The number of nitrogens with zero attached hydrogens (tertiary/aromatic N) is 6. The number of hydrogen-bond acceptors (Lipinski definition) is 6. The first-order chi connectivity index (χ1) is 16.2. The van der Waals surface area contributed by atoms with Crippen molar-refractivity contribution in [3.63, 3.8) is 0 Å². The molecule has 1 amide bonds. The van der Waals surface area contributed by atoms with Gasteiger partial charge in [-0.15, -0.1) is 4.80 Å². The summed E-state index contributed by atoms with van der Waals surface area (Å²) >= 11 is 0. The summed E-state index contributed by atoms with van der Waals surface area (Å²) in [4.78, 5) is 25.4. The van der Waals surface area contributed by atoms with Crippen molar-refractivity contribution in [3.8, 4) is 11.6 Å². The third-order valence-corrected chi connectivity index (χ3v) is 6.70. The molecule has 11 heteroatoms. The molecule has 0 aromatic carbocycles. The van der Waals surface area contributed by atoms with Crippen LogP contribution >= 0.6 is 0 Å². The molecule has 0 spiro atoms. The van der Waals surface area contributed by atoms with Gasteiger partial charge in [0.15, 0.2) is 5.69 Å². The zero-order chi connectivity index (χ0) is 24.0. The predicted octanol–water partition coefficient (Wildman–Crippen LogP) is 3.85. The molecule has 34 heavy (non-hydrogen) atoms. The molecule has 0 unspecified atom stereocenters. The molecule has 4 atom stereocenters. The number of alkyl halides is 3. The van der Waals surface area contributed by atoms with Crippen molar-refractivity contribution in [3.05, 3.63) is 59.8 Å². The van der Waals surface area contributed by atoms with Crippen LogP contribution in [-0.4, -0.2) is 54.0 Å². The molecule has 8 nitrogen and oxygen atoms in total. The van der Waals surface area contributed by atoms with Crippen molar-refractivity contribution in [2.45, 2.75) is 57.5 Å². The van der Waals surface area contributed by atoms with E-state index >= 15 is 0 Å². The summed E-state index contributed by atoms with van der Waals surface area (Å²) in [6, 6.07) is 5.45. The minimum atomic E-state index is -4.46. The van der Waals surface area contributed by atoms with Gasteiger partial charge in [-0.2, -0.15) is 23.4 Å². The molecule has 2 aliphatic heterocycles. The third kappa shape index (κ3) is 3.99. The maximum Gasteiger partial charge on any atom is 0.417 e. The van der Waals surface area contributed by atoms with Crippen molar-refractivity contribution in [1.82, 2.24) is 29.9 Å². The lowest BCUT2D eigenvalue weighted by Crippen LogP contribution is -2.63. The minimum Gasteiger partial charge on any atom is -0.472 e. The summed E-state index contributed by atoms with van der Waals surface area (Å²) in [7, 11) is 0. The van der Waals surface area contributed by atoms with E-state index in [1.54, 1.807) is 17.0 Å². The van der Waals surface area contributed by atoms with Gasteiger partial charge in [0, 0.05) is 24.0 Å². The number of ether oxygens (including phenoxy) is 1. The van der Waals surface area contributed by atoms with E-state index in [0.29, 0.717) is 17.8 Å². The zero-order valence-electron chi connectivity index (χ0n) is 18.6. The van der Waals surface area contributed by atoms with Crippen molar-refractivity contribution in [1.29, 1.82) is 0 Å². The number of fused-ring (bicyclic) bond motifs is 3. The lowest BCUT2D eigenvalue weighted by Gasteiger charge is -2.53. The number of carbonyl (C=O) groups is 1. The highest BCUT2D eigenvalue weighted by Gasteiger charge is 2.49. The third-order valence-electron chi connectivity index (χ3n) is 6.70. The number of pyridine rings is 2. The van der Waals surface area contributed by atoms with Gasteiger partial charge in [0.2, 0.25) is 5.88 Å². The topological polar surface area (TPSA) is 86.0 Å². The Labute approximate surface area is 193 Å². The molecule has 3 aromatic heterocycles. The smallest absolute Gasteiger partial charge is 0.417 e. The second-order valence-corrected chi connectivity index (χ2v) is 8.77. The lowest BCUT2D eigenvalue weighted by atomic mass is 9.73. The summed E-state index contributed by atoms with van der Waals surface area (Å²) in [6.07, 6.45) is 1.36. The average molecular weight is 472 g/mol. The fraction of sp³-hybridized carbons (Fsp3) is 0.435. The van der Waals surface area contributed by atoms with Crippen LogP contribution in [0.3, 0.4) is 0 Å². The number of aryl methyl sites for hydroxylation is 1. The van der Waals surface area contributed by atoms with Crippen molar-refractivity contribution in [2.75, 3.05) is 0 Å². The number of piperidine rings is 2. The number of hydrogen-bond donors (Lipinski definition) is 0. The van der Waals surface area contributed by atoms with E-state index in [-0.39, 0.29) is 41.6 Å². The highest BCUT2D eigenvalue weighted by molar-refractivity contribution is 5.96. The molecule has 178 valence electrons. The first-order valence-corrected chi connectivity index (χ1v) is 11.1. The van der Waals surface area contributed by atoms with Crippen LogP contribution in [0.25, 0.3) is 5.69 Å². The Morgan fingerprint density at radius 3 is 2.56 bits per heavy atom. The van der Waals surface area contributed by atoms with Gasteiger partial charge < -0.3 is 9.64 Å². The van der Waals surface area contributed by atoms with Crippen molar-refractivity contribution < 1.29 is 22.7 Å². The molecule has 0 radical (unpaired) electrons. The van der Waals surface area contributed by atoms with Crippen LogP contribution in [-0.2, 0) is 6.18 Å². The van der Waals surface area contributed by atoms with Gasteiger partial charge in [0.05, 0.1) is 24.0 Å². The lowest BCUT2D eigenvalue weighted by molar-refractivity contribution is -0.137. The number of rotatable bonds is 4. The molecule has 2 bridgehead atoms. The molecule has 2 saturated heterocycles. The largest absolute Gasteiger partial charge is 0.472 e. The van der Waals surface area contributed by atoms with Crippen LogP contribution in [0.4, 0.5) is 13.2 Å². The Hall–Kier alpha value is -3.50. The minimum absolute atomic E-state index is 0.0348. The van der Waals surface area contributed by atoms with Crippen LogP contribution in [0.2, 0.25) is 0 Å². The number of aromatic nitrogens is 5. The Kier molecular flexibility index (Phi) is 5.49. The fourth-order valence-electron chi connectivity index (χ4n) is 5.00. The zero-order valence-corrected chi connectivity index (χ0v) is 18.6. The number of carbonyl (C=O) groups excluding carboxylic acids is 1. The summed E-state index contributed by atoms with van der Waals surface area (Å²) < 4.78 is 44.6. The fourth-order valence-corrected chi connectivity index (χ4v) is 5.00. The highest BCUT2D eigenvalue weighted by Crippen LogP contribution is 2.42. The van der Waals surface area contributed by atoms with Gasteiger partial charge in [0.1, 0.15) is 11.8 Å². The van der Waals surface area contributed by atoms with Gasteiger partial charge in [0.25, 0.3) is 5.91 Å². The van der Waals surface area contributed by atoms with E-state index in [1.807, 2.05) is 13.8 Å². The number of halogens is 3. The van der Waals surface area contributed by atoms with Crippen LogP contribution in [0.1, 0.15) is 47.9 Å². The summed E-state index contributed by atoms with van der Waals surface area (Å²) in [5.41, 5.74) is 0.592. The van der Waals surface area contributed by atoms with Crippen molar-refractivity contribution in [2.24, 2.45) is 5.92 Å². The maximum absolute atomic E-state index is 13.8. The van der Waals surface area contributed by atoms with Gasteiger partial charge in [-0.25, -0.2) is 9.97 Å². The molecule has 6 rings (SSSR count). The summed E-state index contributed by atoms with van der Waals surface area (Å²) in [5.74, 6) is 0.0667. The Bertz CT molecular complexity index is 1180. The van der Waals surface area contributed by atoms with E-state index < -0.39 is 11.7 Å². The van der Waals surface area contributed by atoms with Crippen LogP contribution in [0, 0.1) is 12.8 Å². The first-order valence-electron chi connectivity index (χ1n) is 11.1. The van der Waals surface area contributed by atoms with Gasteiger partial charge >= 0.3 is 6.18 Å². The standard InChI is InChI=1S/C23H23F3N6O2/c1-13-3-6-18(32-28-9-10-29-32)21(30-13)22(33)31-14(2)15-4-7-17(31)19(11-15)34-20-8-5-16(12-27-20)23(24,25)26/h3,5-6,8-10,12,14-15,17,19H,4,7,11H2,1-2H3/t14-,15-,17+,19-/m1/s1. The normalized spacial score (nSPS) is 24.3. The molecule has 1 aliphatic carbocycles. The molecule has 3 aromatic rings. The molecule has 1 saturated carbocycles. The van der Waals surface area contributed by atoms with E-state index in [0.717, 1.165) is 25.1 Å². The first kappa shape index (κ1) is 22.3. The van der Waals surface area contributed by atoms with E-state index in [2.05, 4.69) is 20.2 Å². The maximum atomic E-state index is 13.8. The monoisotopic (exact) mass is 472 g/mol. The molecule has 5 heterocycles. The van der Waals surface area contributed by atoms with Gasteiger partial charge in [-0.3, -0.25) is 4.79 Å². The molecule has 3 fully saturated rings. The van der Waals surface area contributed by atoms with Gasteiger partial charge in [-0.05, 0) is 57.2 Å². The Balaban J connectivity index is 1.43. The number of amides is 1. The summed E-state index contributed by atoms with van der Waals surface area (Å²) in [6.45, 7) is 3.83. The summed E-state index contributed by atoms with van der Waals surface area (Å²) in [5, 5.41) is 8.30. The van der Waals surface area contributed by atoms with E-state index in [9.17, 15) is 18.0 Å². The Morgan fingerprint density at radius 1 is 1.12 bits per heavy atom. The van der Waals surface area contributed by atoms with Crippen LogP contribution in [0.5, 0.6) is 5.88 Å². The second kappa shape index (κ2) is 8.37. The van der Waals surface area contributed by atoms with Gasteiger partial charge in [-0.1, -0.05) is 0 Å². The van der Waals surface area contributed by atoms with Crippen LogP contribution in [0.15, 0.2) is 42.9 Å². The van der Waals surface area contributed by atoms with Crippen molar-refractivity contribution >= 4 is 5.91 Å². The Morgan fingerprint density at radius 2 is 1.88 bits per heavy atom. The van der Waals surface area contributed by atoms with E-state index in [1.165, 1.54) is 23.3 Å². The van der Waals surface area contributed by atoms with E-state index in [4.69, 9.17) is 4.74 Å².